The molecule has 0 saturated carbocycles. The van der Waals surface area contributed by atoms with Gasteiger partial charge in [0.2, 0.25) is 0 Å². The van der Waals surface area contributed by atoms with Gasteiger partial charge >= 0.3 is 12.1 Å². The Balaban J connectivity index is 2.33. The fraction of sp³-hybridized carbons (Fsp3) is 0.357. The van der Waals surface area contributed by atoms with E-state index in [1.807, 2.05) is 0 Å². The lowest BCUT2D eigenvalue weighted by Gasteiger charge is -2.09. The first-order chi connectivity index (χ1) is 11.2. The van der Waals surface area contributed by atoms with Crippen LogP contribution in [0.15, 0.2) is 24.3 Å². The first-order valence-electron chi connectivity index (χ1n) is 6.62. The molecule has 1 aromatic rings. The van der Waals surface area contributed by atoms with Crippen LogP contribution in [0.5, 0.6) is 5.75 Å². The maximum absolute atomic E-state index is 11.9. The molecule has 0 aliphatic rings. The highest BCUT2D eigenvalue weighted by molar-refractivity contribution is 5.96. The fourth-order valence-electron chi connectivity index (χ4n) is 1.47. The van der Waals surface area contributed by atoms with Crippen molar-refractivity contribution in [1.29, 1.82) is 0 Å². The highest BCUT2D eigenvalue weighted by atomic mass is 19.4. The Bertz CT molecular complexity index is 604. The molecule has 24 heavy (non-hydrogen) atoms. The van der Waals surface area contributed by atoms with Crippen LogP contribution in [0, 0.1) is 0 Å². The number of esters is 1. The molecule has 0 aliphatic carbocycles. The van der Waals surface area contributed by atoms with Gasteiger partial charge in [-0.05, 0) is 18.2 Å². The SMILES string of the molecule is COc1cccc(C(=O)NCC(=O)OCC(=O)NCC(F)(F)F)c1. The van der Waals surface area contributed by atoms with Crippen LogP contribution in [0.25, 0.3) is 0 Å². The summed E-state index contributed by atoms with van der Waals surface area (Å²) >= 11 is 0. The number of rotatable bonds is 7. The monoisotopic (exact) mass is 348 g/mol. The minimum Gasteiger partial charge on any atom is -0.497 e. The number of carbonyl (C=O) groups excluding carboxylic acids is 3. The topological polar surface area (TPSA) is 93.7 Å². The first kappa shape index (κ1) is 19.3. The summed E-state index contributed by atoms with van der Waals surface area (Å²) < 4.78 is 45.0. The van der Waals surface area contributed by atoms with Crippen molar-refractivity contribution in [3.63, 3.8) is 0 Å². The average Bonchev–Trinajstić information content (AvgIpc) is 2.55. The number of hydrogen-bond acceptors (Lipinski definition) is 5. The van der Waals surface area contributed by atoms with Gasteiger partial charge in [-0.2, -0.15) is 13.2 Å². The van der Waals surface area contributed by atoms with Gasteiger partial charge in [0.25, 0.3) is 11.8 Å². The number of methoxy groups -OCH3 is 1. The molecular weight excluding hydrogens is 333 g/mol. The zero-order valence-corrected chi connectivity index (χ0v) is 12.6. The Kier molecular flexibility index (Phi) is 7.02. The summed E-state index contributed by atoms with van der Waals surface area (Å²) in [5, 5.41) is 3.79. The van der Waals surface area contributed by atoms with Gasteiger partial charge in [-0.3, -0.25) is 14.4 Å². The Hall–Kier alpha value is -2.78. The van der Waals surface area contributed by atoms with Crippen LogP contribution in [-0.2, 0) is 14.3 Å². The third-order valence-corrected chi connectivity index (χ3v) is 2.58. The highest BCUT2D eigenvalue weighted by Gasteiger charge is 2.27. The molecule has 0 unspecified atom stereocenters. The van der Waals surface area contributed by atoms with Crippen LogP contribution in [0.3, 0.4) is 0 Å². The quantitative estimate of drug-likeness (QED) is 0.706. The zero-order valence-electron chi connectivity index (χ0n) is 12.6. The van der Waals surface area contributed by atoms with E-state index < -0.39 is 43.7 Å². The van der Waals surface area contributed by atoms with Crippen molar-refractivity contribution in [3.05, 3.63) is 29.8 Å². The number of alkyl halides is 3. The number of hydrogen-bond donors (Lipinski definition) is 2. The van der Waals surface area contributed by atoms with Crippen molar-refractivity contribution in [3.8, 4) is 5.75 Å². The first-order valence-corrected chi connectivity index (χ1v) is 6.62. The van der Waals surface area contributed by atoms with E-state index in [1.165, 1.54) is 24.6 Å². The van der Waals surface area contributed by atoms with E-state index in [-0.39, 0.29) is 5.56 Å². The van der Waals surface area contributed by atoms with Gasteiger partial charge in [-0.25, -0.2) is 0 Å². The molecule has 0 radical (unpaired) electrons. The highest BCUT2D eigenvalue weighted by Crippen LogP contribution is 2.12. The lowest BCUT2D eigenvalue weighted by molar-refractivity contribution is -0.150. The van der Waals surface area contributed by atoms with Crippen LogP contribution in [0.2, 0.25) is 0 Å². The lowest BCUT2D eigenvalue weighted by Crippen LogP contribution is -2.37. The Morgan fingerprint density at radius 3 is 2.50 bits per heavy atom. The molecule has 10 heteroatoms. The van der Waals surface area contributed by atoms with Crippen LogP contribution >= 0.6 is 0 Å². The molecule has 0 heterocycles. The third kappa shape index (κ3) is 7.47. The van der Waals surface area contributed by atoms with Gasteiger partial charge in [0.05, 0.1) is 7.11 Å². The van der Waals surface area contributed by atoms with E-state index >= 15 is 0 Å². The molecule has 2 N–H and O–H groups in total. The summed E-state index contributed by atoms with van der Waals surface area (Å²) in [5.74, 6) is -2.19. The van der Waals surface area contributed by atoms with Gasteiger partial charge in [0.1, 0.15) is 18.8 Å². The molecule has 0 bridgehead atoms. The summed E-state index contributed by atoms with van der Waals surface area (Å²) in [5.41, 5.74) is 0.241. The molecule has 0 aliphatic heterocycles. The molecule has 0 spiro atoms. The number of ether oxygens (including phenoxy) is 2. The molecular formula is C14H15F3N2O5. The second kappa shape index (κ2) is 8.75. The number of benzene rings is 1. The van der Waals surface area contributed by atoms with Crippen LogP contribution in [0.4, 0.5) is 13.2 Å². The smallest absolute Gasteiger partial charge is 0.405 e. The molecule has 0 saturated heterocycles. The van der Waals surface area contributed by atoms with Gasteiger partial charge in [-0.15, -0.1) is 0 Å². The van der Waals surface area contributed by atoms with Gasteiger partial charge in [-0.1, -0.05) is 6.07 Å². The van der Waals surface area contributed by atoms with Crippen LogP contribution in [-0.4, -0.2) is 50.8 Å². The van der Waals surface area contributed by atoms with E-state index in [1.54, 1.807) is 12.1 Å². The number of halogens is 3. The van der Waals surface area contributed by atoms with Crippen LogP contribution in [0.1, 0.15) is 10.4 Å². The normalized spacial score (nSPS) is 10.7. The summed E-state index contributed by atoms with van der Waals surface area (Å²) in [6, 6.07) is 6.15. The fourth-order valence-corrected chi connectivity index (χ4v) is 1.47. The van der Waals surface area contributed by atoms with Gasteiger partial charge < -0.3 is 20.1 Å². The summed E-state index contributed by atoms with van der Waals surface area (Å²) in [6.07, 6.45) is -4.55. The molecule has 0 fully saturated rings. The van der Waals surface area contributed by atoms with E-state index in [9.17, 15) is 27.6 Å². The predicted octanol–water partition coefficient (Wildman–Crippen LogP) is 0.647. The van der Waals surface area contributed by atoms with Gasteiger partial charge in [0.15, 0.2) is 6.61 Å². The zero-order chi connectivity index (χ0) is 18.2. The van der Waals surface area contributed by atoms with Crippen molar-refractivity contribution >= 4 is 17.8 Å². The number of amides is 2. The Labute approximate surface area is 135 Å². The maximum atomic E-state index is 11.9. The molecule has 1 rings (SSSR count). The second-order valence-electron chi connectivity index (χ2n) is 4.47. The minimum atomic E-state index is -4.55. The van der Waals surface area contributed by atoms with E-state index in [0.717, 1.165) is 0 Å². The van der Waals surface area contributed by atoms with E-state index in [0.29, 0.717) is 5.75 Å². The molecule has 132 valence electrons. The Morgan fingerprint density at radius 2 is 1.88 bits per heavy atom. The predicted molar refractivity (Wildman–Crippen MR) is 75.4 cm³/mol. The van der Waals surface area contributed by atoms with E-state index in [2.05, 4.69) is 10.1 Å². The molecule has 7 nitrogen and oxygen atoms in total. The van der Waals surface area contributed by atoms with Crippen molar-refractivity contribution in [2.45, 2.75) is 6.18 Å². The minimum absolute atomic E-state index is 0.241. The van der Waals surface area contributed by atoms with Crippen molar-refractivity contribution in [2.75, 3.05) is 26.8 Å². The second-order valence-corrected chi connectivity index (χ2v) is 4.47. The van der Waals surface area contributed by atoms with Crippen molar-refractivity contribution < 1.29 is 37.0 Å². The standard InChI is InChI=1S/C14H15F3N2O5/c1-23-10-4-2-3-9(5-10)13(22)18-6-12(21)24-7-11(20)19-8-14(15,16)17/h2-5H,6-8H2,1H3,(H,18,22)(H,19,20). The molecule has 1 aromatic carbocycles. The molecule has 0 atom stereocenters. The van der Waals surface area contributed by atoms with Crippen molar-refractivity contribution in [1.82, 2.24) is 10.6 Å². The summed E-state index contributed by atoms with van der Waals surface area (Å²) in [6.45, 7) is -2.93. The van der Waals surface area contributed by atoms with E-state index in [4.69, 9.17) is 4.74 Å². The summed E-state index contributed by atoms with van der Waals surface area (Å²) in [7, 11) is 1.43. The maximum Gasteiger partial charge on any atom is 0.405 e. The summed E-state index contributed by atoms with van der Waals surface area (Å²) in [4.78, 5) is 34.2. The van der Waals surface area contributed by atoms with Crippen LogP contribution < -0.4 is 15.4 Å². The largest absolute Gasteiger partial charge is 0.497 e. The molecule has 2 amide bonds. The number of nitrogens with one attached hydrogen (secondary N) is 2. The average molecular weight is 348 g/mol. The Morgan fingerprint density at radius 1 is 1.17 bits per heavy atom. The lowest BCUT2D eigenvalue weighted by atomic mass is 10.2. The molecule has 0 aromatic heterocycles. The van der Waals surface area contributed by atoms with Gasteiger partial charge in [0, 0.05) is 5.56 Å². The van der Waals surface area contributed by atoms with Crippen molar-refractivity contribution in [2.24, 2.45) is 0 Å². The third-order valence-electron chi connectivity index (χ3n) is 2.58. The number of carbonyl (C=O) groups is 3.